The molecule has 0 bridgehead atoms. The van der Waals surface area contributed by atoms with E-state index in [0.29, 0.717) is 5.56 Å². The summed E-state index contributed by atoms with van der Waals surface area (Å²) in [5.41, 5.74) is 2.16. The molecule has 1 aromatic rings. The summed E-state index contributed by atoms with van der Waals surface area (Å²) in [5.74, 6) is -0.324. The largest absolute Gasteiger partial charge is 0.291 e. The van der Waals surface area contributed by atoms with Gasteiger partial charge < -0.3 is 0 Å². The van der Waals surface area contributed by atoms with Crippen LogP contribution in [-0.2, 0) is 0 Å². The minimum atomic E-state index is -0.324. The number of hydroxylamine groups is 1. The van der Waals surface area contributed by atoms with Crippen molar-refractivity contribution in [3.8, 4) is 0 Å². The molecule has 0 aromatic heterocycles. The van der Waals surface area contributed by atoms with Gasteiger partial charge in [0.1, 0.15) is 5.70 Å². The molecule has 0 amide bonds. The van der Waals surface area contributed by atoms with Crippen LogP contribution in [0.2, 0.25) is 0 Å². The van der Waals surface area contributed by atoms with Gasteiger partial charge in [-0.1, -0.05) is 22.5 Å². The summed E-state index contributed by atoms with van der Waals surface area (Å²) < 4.78 is 0.895. The number of rotatable bonds is 3. The molecule has 0 aliphatic heterocycles. The Morgan fingerprint density at radius 2 is 1.92 bits per heavy atom. The molecule has 4 heteroatoms. The fourth-order valence-corrected chi connectivity index (χ4v) is 1.09. The highest BCUT2D eigenvalue weighted by Gasteiger charge is 2.08. The Labute approximate surface area is 84.2 Å². The Balaban J connectivity index is 2.90. The smallest absolute Gasteiger partial charge is 0.210 e. The number of carbonyl (C=O) groups is 1. The van der Waals surface area contributed by atoms with Gasteiger partial charge in [-0.15, -0.1) is 0 Å². The second-order valence-electron chi connectivity index (χ2n) is 2.43. The van der Waals surface area contributed by atoms with Crippen molar-refractivity contribution in [2.75, 3.05) is 0 Å². The van der Waals surface area contributed by atoms with Crippen LogP contribution in [0.1, 0.15) is 10.4 Å². The van der Waals surface area contributed by atoms with E-state index in [1.807, 2.05) is 0 Å². The lowest BCUT2D eigenvalue weighted by atomic mass is 10.1. The van der Waals surface area contributed by atoms with Gasteiger partial charge in [-0.25, -0.2) is 0 Å². The van der Waals surface area contributed by atoms with Crippen molar-refractivity contribution in [1.29, 1.82) is 0 Å². The van der Waals surface area contributed by atoms with Crippen LogP contribution in [0.5, 0.6) is 0 Å². The molecular weight excluding hydrogens is 234 g/mol. The summed E-state index contributed by atoms with van der Waals surface area (Å²) in [6.45, 7) is 3.35. The number of hydrogen-bond acceptors (Lipinski definition) is 3. The summed E-state index contributed by atoms with van der Waals surface area (Å²) in [7, 11) is 0. The van der Waals surface area contributed by atoms with Crippen LogP contribution in [0.25, 0.3) is 0 Å². The van der Waals surface area contributed by atoms with Crippen molar-refractivity contribution in [1.82, 2.24) is 5.48 Å². The third-order valence-electron chi connectivity index (χ3n) is 1.52. The lowest BCUT2D eigenvalue weighted by Gasteiger charge is -2.02. The number of allylic oxidation sites excluding steroid dienone is 1. The zero-order chi connectivity index (χ0) is 9.84. The summed E-state index contributed by atoms with van der Waals surface area (Å²) in [5, 5.41) is 8.44. The van der Waals surface area contributed by atoms with Gasteiger partial charge >= 0.3 is 0 Å². The Morgan fingerprint density at radius 1 is 1.38 bits per heavy atom. The van der Waals surface area contributed by atoms with Crippen LogP contribution in [0.15, 0.2) is 41.0 Å². The van der Waals surface area contributed by atoms with E-state index in [4.69, 9.17) is 5.21 Å². The molecule has 0 aliphatic rings. The summed E-state index contributed by atoms with van der Waals surface area (Å²) in [4.78, 5) is 11.3. The Hall–Kier alpha value is -1.13. The number of benzene rings is 1. The first-order chi connectivity index (χ1) is 6.15. The van der Waals surface area contributed by atoms with E-state index < -0.39 is 0 Å². The van der Waals surface area contributed by atoms with E-state index in [0.717, 1.165) is 4.47 Å². The minimum Gasteiger partial charge on any atom is -0.291 e. The van der Waals surface area contributed by atoms with Crippen LogP contribution in [0.4, 0.5) is 0 Å². The molecule has 2 N–H and O–H groups in total. The summed E-state index contributed by atoms with van der Waals surface area (Å²) >= 11 is 3.25. The molecular formula is C9H8BrNO2. The van der Waals surface area contributed by atoms with Crippen LogP contribution in [0.3, 0.4) is 0 Å². The minimum absolute atomic E-state index is 0.0395. The van der Waals surface area contributed by atoms with Crippen molar-refractivity contribution >= 4 is 21.7 Å². The molecule has 0 fully saturated rings. The quantitative estimate of drug-likeness (QED) is 0.485. The van der Waals surface area contributed by atoms with Crippen LogP contribution < -0.4 is 5.48 Å². The molecule has 0 heterocycles. The fourth-order valence-electron chi connectivity index (χ4n) is 0.826. The van der Waals surface area contributed by atoms with E-state index >= 15 is 0 Å². The van der Waals surface area contributed by atoms with Gasteiger partial charge in [0.25, 0.3) is 0 Å². The van der Waals surface area contributed by atoms with E-state index in [9.17, 15) is 4.79 Å². The molecule has 0 unspecified atom stereocenters. The number of halogens is 1. The number of Topliss-reactive ketones (excluding diaryl/α,β-unsaturated/α-hetero) is 1. The molecule has 0 atom stereocenters. The maximum Gasteiger partial charge on any atom is 0.210 e. The lowest BCUT2D eigenvalue weighted by molar-refractivity contribution is 0.0977. The van der Waals surface area contributed by atoms with E-state index in [2.05, 4.69) is 22.5 Å². The van der Waals surface area contributed by atoms with Crippen LogP contribution >= 0.6 is 15.9 Å². The van der Waals surface area contributed by atoms with Crippen LogP contribution in [-0.4, -0.2) is 11.0 Å². The second-order valence-corrected chi connectivity index (χ2v) is 3.34. The van der Waals surface area contributed by atoms with Crippen molar-refractivity contribution < 1.29 is 10.0 Å². The molecule has 3 nitrogen and oxygen atoms in total. The normalized spacial score (nSPS) is 9.38. The standard InChI is InChI=1S/C9H8BrNO2/c1-6(11-13)9(12)7-2-4-8(10)5-3-7/h2-5,11,13H,1H2. The zero-order valence-electron chi connectivity index (χ0n) is 6.75. The third-order valence-corrected chi connectivity index (χ3v) is 2.04. The predicted octanol–water partition coefficient (Wildman–Crippen LogP) is 2.12. The average Bonchev–Trinajstić information content (AvgIpc) is 2.17. The topological polar surface area (TPSA) is 49.3 Å². The number of nitrogens with one attached hydrogen (secondary N) is 1. The second kappa shape index (κ2) is 4.20. The van der Waals surface area contributed by atoms with Crippen molar-refractivity contribution in [3.05, 3.63) is 46.6 Å². The molecule has 1 rings (SSSR count). The van der Waals surface area contributed by atoms with E-state index in [1.165, 1.54) is 0 Å². The number of hydrogen-bond donors (Lipinski definition) is 2. The van der Waals surface area contributed by atoms with Gasteiger partial charge in [-0.3, -0.25) is 15.5 Å². The number of carbonyl (C=O) groups excluding carboxylic acids is 1. The van der Waals surface area contributed by atoms with Gasteiger partial charge in [-0.2, -0.15) is 0 Å². The first-order valence-electron chi connectivity index (χ1n) is 3.54. The highest BCUT2D eigenvalue weighted by molar-refractivity contribution is 9.10. The summed E-state index contributed by atoms with van der Waals surface area (Å²) in [6.07, 6.45) is 0. The van der Waals surface area contributed by atoms with Crippen molar-refractivity contribution in [2.45, 2.75) is 0 Å². The van der Waals surface area contributed by atoms with Gasteiger partial charge in [0.05, 0.1) is 0 Å². The molecule has 68 valence electrons. The molecule has 13 heavy (non-hydrogen) atoms. The molecule has 1 aromatic carbocycles. The molecule has 0 spiro atoms. The predicted molar refractivity (Wildman–Crippen MR) is 52.5 cm³/mol. The molecule has 0 radical (unpaired) electrons. The Morgan fingerprint density at radius 3 is 2.38 bits per heavy atom. The molecule has 0 saturated carbocycles. The lowest BCUT2D eigenvalue weighted by Crippen LogP contribution is -2.15. The first-order valence-corrected chi connectivity index (χ1v) is 4.33. The Kier molecular flexibility index (Phi) is 3.22. The average molecular weight is 242 g/mol. The fraction of sp³-hybridized carbons (Fsp3) is 0. The van der Waals surface area contributed by atoms with E-state index in [-0.39, 0.29) is 11.5 Å². The van der Waals surface area contributed by atoms with Crippen molar-refractivity contribution in [2.24, 2.45) is 0 Å². The van der Waals surface area contributed by atoms with Crippen LogP contribution in [0, 0.1) is 0 Å². The maximum absolute atomic E-state index is 11.3. The SMILES string of the molecule is C=C(NO)C(=O)c1ccc(Br)cc1. The highest BCUT2D eigenvalue weighted by Crippen LogP contribution is 2.12. The first kappa shape index (κ1) is 9.95. The Bertz CT molecular complexity index is 332. The van der Waals surface area contributed by atoms with Gasteiger partial charge in [-0.05, 0) is 24.3 Å². The van der Waals surface area contributed by atoms with Gasteiger partial charge in [0.15, 0.2) is 0 Å². The maximum atomic E-state index is 11.3. The molecule has 0 saturated heterocycles. The van der Waals surface area contributed by atoms with Gasteiger partial charge in [0.2, 0.25) is 5.78 Å². The monoisotopic (exact) mass is 241 g/mol. The number of ketones is 1. The highest BCUT2D eigenvalue weighted by atomic mass is 79.9. The van der Waals surface area contributed by atoms with Crippen molar-refractivity contribution in [3.63, 3.8) is 0 Å². The molecule has 0 aliphatic carbocycles. The van der Waals surface area contributed by atoms with Gasteiger partial charge in [0, 0.05) is 10.0 Å². The summed E-state index contributed by atoms with van der Waals surface area (Å²) in [6, 6.07) is 6.79. The third kappa shape index (κ3) is 2.40. The zero-order valence-corrected chi connectivity index (χ0v) is 8.34. The van der Waals surface area contributed by atoms with E-state index in [1.54, 1.807) is 29.7 Å².